The first kappa shape index (κ1) is 8.02. The van der Waals surface area contributed by atoms with Crippen LogP contribution in [0, 0.1) is 11.8 Å². The van der Waals surface area contributed by atoms with Crippen molar-refractivity contribution in [1.29, 1.82) is 0 Å². The topological polar surface area (TPSA) is 32.3 Å². The Morgan fingerprint density at radius 2 is 2.40 bits per heavy atom. The van der Waals surface area contributed by atoms with Gasteiger partial charge in [-0.2, -0.15) is 0 Å². The molecule has 60 valence electrons. The fourth-order valence-corrected chi connectivity index (χ4v) is 1.66. The summed E-state index contributed by atoms with van der Waals surface area (Å²) in [5.41, 5.74) is 0. The second-order valence-corrected chi connectivity index (χ2v) is 3.24. The van der Waals surface area contributed by atoms with Crippen LogP contribution in [-0.2, 0) is 0 Å². The van der Waals surface area contributed by atoms with Crippen molar-refractivity contribution in [2.45, 2.75) is 19.8 Å². The highest BCUT2D eigenvalue weighted by atomic mass is 16.3. The number of rotatable bonds is 2. The molecule has 2 heteroatoms. The number of aliphatic hydroxyl groups is 1. The van der Waals surface area contributed by atoms with Gasteiger partial charge in [-0.3, -0.25) is 0 Å². The minimum Gasteiger partial charge on any atom is -0.396 e. The SMILES string of the molecule is C[C@@H]1CNCC[C@@H]1CCO. The van der Waals surface area contributed by atoms with Gasteiger partial charge in [-0.25, -0.2) is 0 Å². The molecular weight excluding hydrogens is 126 g/mol. The normalized spacial score (nSPS) is 34.2. The molecule has 0 aromatic rings. The van der Waals surface area contributed by atoms with E-state index in [1.807, 2.05) is 0 Å². The van der Waals surface area contributed by atoms with Gasteiger partial charge in [0, 0.05) is 6.61 Å². The molecule has 0 aromatic heterocycles. The molecule has 10 heavy (non-hydrogen) atoms. The van der Waals surface area contributed by atoms with Crippen molar-refractivity contribution in [3.63, 3.8) is 0 Å². The van der Waals surface area contributed by atoms with Gasteiger partial charge in [0.25, 0.3) is 0 Å². The van der Waals surface area contributed by atoms with Crippen LogP contribution in [0.4, 0.5) is 0 Å². The fraction of sp³-hybridized carbons (Fsp3) is 1.00. The zero-order chi connectivity index (χ0) is 7.40. The Bertz CT molecular complexity index is 93.3. The van der Waals surface area contributed by atoms with Gasteiger partial charge < -0.3 is 10.4 Å². The third kappa shape index (κ3) is 1.96. The standard InChI is InChI=1S/C8H17NO/c1-7-6-9-4-2-8(7)3-5-10/h7-10H,2-6H2,1H3/t7-,8-/m1/s1. The number of hydrogen-bond donors (Lipinski definition) is 2. The molecule has 1 heterocycles. The van der Waals surface area contributed by atoms with E-state index < -0.39 is 0 Å². The fourth-order valence-electron chi connectivity index (χ4n) is 1.66. The van der Waals surface area contributed by atoms with Crippen LogP contribution in [-0.4, -0.2) is 24.8 Å². The average molecular weight is 143 g/mol. The number of nitrogens with one attached hydrogen (secondary N) is 1. The summed E-state index contributed by atoms with van der Waals surface area (Å²) in [6, 6.07) is 0. The zero-order valence-corrected chi connectivity index (χ0v) is 6.64. The van der Waals surface area contributed by atoms with E-state index in [1.165, 1.54) is 6.42 Å². The minimum absolute atomic E-state index is 0.356. The Kier molecular flexibility index (Phi) is 3.16. The van der Waals surface area contributed by atoms with E-state index in [1.54, 1.807) is 0 Å². The quantitative estimate of drug-likeness (QED) is 0.593. The molecule has 1 aliphatic rings. The van der Waals surface area contributed by atoms with Crippen LogP contribution in [0.2, 0.25) is 0 Å². The van der Waals surface area contributed by atoms with E-state index in [0.29, 0.717) is 6.61 Å². The first-order valence-corrected chi connectivity index (χ1v) is 4.16. The van der Waals surface area contributed by atoms with E-state index in [0.717, 1.165) is 31.3 Å². The molecule has 0 spiro atoms. The first-order valence-electron chi connectivity index (χ1n) is 4.16. The van der Waals surface area contributed by atoms with Crippen LogP contribution in [0.5, 0.6) is 0 Å². The molecule has 2 N–H and O–H groups in total. The van der Waals surface area contributed by atoms with Gasteiger partial charge in [0.05, 0.1) is 0 Å². The van der Waals surface area contributed by atoms with Gasteiger partial charge >= 0.3 is 0 Å². The summed E-state index contributed by atoms with van der Waals surface area (Å²) < 4.78 is 0. The molecule has 0 bridgehead atoms. The average Bonchev–Trinajstić information content (AvgIpc) is 1.94. The second-order valence-electron chi connectivity index (χ2n) is 3.24. The highest BCUT2D eigenvalue weighted by Gasteiger charge is 2.19. The summed E-state index contributed by atoms with van der Waals surface area (Å²) in [5, 5.41) is 12.1. The van der Waals surface area contributed by atoms with E-state index >= 15 is 0 Å². The van der Waals surface area contributed by atoms with Gasteiger partial charge in [-0.15, -0.1) is 0 Å². The molecular formula is C8H17NO. The van der Waals surface area contributed by atoms with Crippen LogP contribution >= 0.6 is 0 Å². The Morgan fingerprint density at radius 1 is 1.60 bits per heavy atom. The third-order valence-corrected chi connectivity index (χ3v) is 2.46. The number of piperidine rings is 1. The van der Waals surface area contributed by atoms with Gasteiger partial charge in [0.2, 0.25) is 0 Å². The molecule has 0 unspecified atom stereocenters. The number of hydrogen-bond acceptors (Lipinski definition) is 2. The highest BCUT2D eigenvalue weighted by Crippen LogP contribution is 2.21. The maximum absolute atomic E-state index is 8.72. The molecule has 0 amide bonds. The third-order valence-electron chi connectivity index (χ3n) is 2.46. The maximum Gasteiger partial charge on any atom is 0.0433 e. The lowest BCUT2D eigenvalue weighted by atomic mass is 9.86. The van der Waals surface area contributed by atoms with E-state index in [4.69, 9.17) is 5.11 Å². The van der Waals surface area contributed by atoms with Crippen molar-refractivity contribution in [2.24, 2.45) is 11.8 Å². The van der Waals surface area contributed by atoms with E-state index in [-0.39, 0.29) is 0 Å². The monoisotopic (exact) mass is 143 g/mol. The van der Waals surface area contributed by atoms with Gasteiger partial charge in [-0.05, 0) is 37.8 Å². The summed E-state index contributed by atoms with van der Waals surface area (Å²) in [6.45, 7) is 4.88. The van der Waals surface area contributed by atoms with Gasteiger partial charge in [-0.1, -0.05) is 6.92 Å². The summed E-state index contributed by atoms with van der Waals surface area (Å²) in [5.74, 6) is 1.51. The molecule has 0 aromatic carbocycles. The Labute approximate surface area is 62.6 Å². The molecule has 2 nitrogen and oxygen atoms in total. The second kappa shape index (κ2) is 3.94. The molecule has 1 rings (SSSR count). The van der Waals surface area contributed by atoms with Crippen molar-refractivity contribution in [3.8, 4) is 0 Å². The summed E-state index contributed by atoms with van der Waals surface area (Å²) in [4.78, 5) is 0. The Balaban J connectivity index is 2.25. The smallest absolute Gasteiger partial charge is 0.0433 e. The van der Waals surface area contributed by atoms with Gasteiger partial charge in [0.15, 0.2) is 0 Å². The molecule has 1 fully saturated rings. The Morgan fingerprint density at radius 3 is 3.00 bits per heavy atom. The van der Waals surface area contributed by atoms with Crippen LogP contribution < -0.4 is 5.32 Å². The molecule has 0 radical (unpaired) electrons. The number of aliphatic hydroxyl groups excluding tert-OH is 1. The largest absolute Gasteiger partial charge is 0.396 e. The van der Waals surface area contributed by atoms with Crippen LogP contribution in [0.15, 0.2) is 0 Å². The molecule has 2 atom stereocenters. The van der Waals surface area contributed by atoms with Crippen LogP contribution in [0.3, 0.4) is 0 Å². The van der Waals surface area contributed by atoms with Crippen molar-refractivity contribution in [1.82, 2.24) is 5.32 Å². The lowest BCUT2D eigenvalue weighted by molar-refractivity contribution is 0.195. The summed E-state index contributed by atoms with van der Waals surface area (Å²) in [6.07, 6.45) is 2.23. The highest BCUT2D eigenvalue weighted by molar-refractivity contribution is 4.74. The first-order chi connectivity index (χ1) is 4.84. The van der Waals surface area contributed by atoms with E-state index in [9.17, 15) is 0 Å². The van der Waals surface area contributed by atoms with Crippen molar-refractivity contribution in [3.05, 3.63) is 0 Å². The molecule has 0 saturated carbocycles. The summed E-state index contributed by atoms with van der Waals surface area (Å²) >= 11 is 0. The lowest BCUT2D eigenvalue weighted by Crippen LogP contribution is -2.35. The van der Waals surface area contributed by atoms with Crippen molar-refractivity contribution >= 4 is 0 Å². The zero-order valence-electron chi connectivity index (χ0n) is 6.64. The minimum atomic E-state index is 0.356. The molecule has 0 aliphatic carbocycles. The van der Waals surface area contributed by atoms with E-state index in [2.05, 4.69) is 12.2 Å². The summed E-state index contributed by atoms with van der Waals surface area (Å²) in [7, 11) is 0. The Hall–Kier alpha value is -0.0800. The van der Waals surface area contributed by atoms with Crippen molar-refractivity contribution < 1.29 is 5.11 Å². The predicted octanol–water partition coefficient (Wildman–Crippen LogP) is 0.614. The molecule has 1 aliphatic heterocycles. The lowest BCUT2D eigenvalue weighted by Gasteiger charge is -2.28. The van der Waals surface area contributed by atoms with Crippen LogP contribution in [0.25, 0.3) is 0 Å². The van der Waals surface area contributed by atoms with Crippen molar-refractivity contribution in [2.75, 3.05) is 19.7 Å². The van der Waals surface area contributed by atoms with Gasteiger partial charge in [0.1, 0.15) is 0 Å². The molecule has 1 saturated heterocycles. The maximum atomic E-state index is 8.72. The van der Waals surface area contributed by atoms with Crippen LogP contribution in [0.1, 0.15) is 19.8 Å². The predicted molar refractivity (Wildman–Crippen MR) is 41.8 cm³/mol.